The van der Waals surface area contributed by atoms with Gasteiger partial charge in [-0.15, -0.1) is 11.3 Å². The average molecular weight is 306 g/mol. The van der Waals surface area contributed by atoms with Crippen molar-refractivity contribution in [3.63, 3.8) is 0 Å². The lowest BCUT2D eigenvalue weighted by Crippen LogP contribution is -2.39. The van der Waals surface area contributed by atoms with E-state index in [1.165, 1.54) is 23.3 Å². The second-order valence-electron chi connectivity index (χ2n) is 4.41. The van der Waals surface area contributed by atoms with Crippen molar-refractivity contribution in [3.8, 4) is 10.6 Å². The van der Waals surface area contributed by atoms with Gasteiger partial charge in [-0.2, -0.15) is 13.2 Å². The third-order valence-electron chi connectivity index (χ3n) is 2.62. The lowest BCUT2D eigenvalue weighted by molar-refractivity contribution is -0.207. The zero-order chi connectivity index (χ0) is 14.8. The van der Waals surface area contributed by atoms with E-state index in [0.717, 1.165) is 4.88 Å². The van der Waals surface area contributed by atoms with Crippen LogP contribution in [0.3, 0.4) is 0 Å². The molecule has 0 aliphatic heterocycles. The Morgan fingerprint density at radius 1 is 1.50 bits per heavy atom. The van der Waals surface area contributed by atoms with E-state index in [0.29, 0.717) is 11.5 Å². The lowest BCUT2D eigenvalue weighted by atomic mass is 10.3. The molecule has 1 atom stereocenters. The highest BCUT2D eigenvalue weighted by molar-refractivity contribution is 7.13. The molecule has 0 aromatic carbocycles. The van der Waals surface area contributed by atoms with Crippen molar-refractivity contribution >= 4 is 11.3 Å². The number of likely N-dealkylation sites (N-methyl/N-ethyl adjacent to an activating group) is 1. The highest BCUT2D eigenvalue weighted by Crippen LogP contribution is 2.25. The maximum absolute atomic E-state index is 12.2. The Kier molecular flexibility index (Phi) is 4.46. The van der Waals surface area contributed by atoms with Crippen LogP contribution in [0.15, 0.2) is 28.1 Å². The minimum absolute atomic E-state index is 0.169. The van der Waals surface area contributed by atoms with E-state index in [2.05, 4.69) is 5.16 Å². The molecule has 2 rings (SSSR count). The first kappa shape index (κ1) is 15.0. The summed E-state index contributed by atoms with van der Waals surface area (Å²) in [5.74, 6) is 0.583. The summed E-state index contributed by atoms with van der Waals surface area (Å²) in [5, 5.41) is 14.7. The van der Waals surface area contributed by atoms with Gasteiger partial charge in [0.1, 0.15) is 0 Å². The quantitative estimate of drug-likeness (QED) is 0.923. The number of hydrogen-bond acceptors (Lipinski definition) is 5. The second-order valence-corrected chi connectivity index (χ2v) is 5.36. The summed E-state index contributed by atoms with van der Waals surface area (Å²) in [5.41, 5.74) is 0.519. The molecular weight excluding hydrogens is 293 g/mol. The number of thiophene rings is 1. The van der Waals surface area contributed by atoms with Crippen LogP contribution in [0.1, 0.15) is 5.69 Å². The Labute approximate surface area is 117 Å². The summed E-state index contributed by atoms with van der Waals surface area (Å²) >= 11 is 1.49. The topological polar surface area (TPSA) is 49.5 Å². The first-order valence-electron chi connectivity index (χ1n) is 5.79. The van der Waals surface area contributed by atoms with Gasteiger partial charge in [0.25, 0.3) is 0 Å². The van der Waals surface area contributed by atoms with Gasteiger partial charge in [0.2, 0.25) is 0 Å². The van der Waals surface area contributed by atoms with E-state index in [9.17, 15) is 13.2 Å². The van der Waals surface area contributed by atoms with Gasteiger partial charge in [0, 0.05) is 19.2 Å². The third kappa shape index (κ3) is 3.81. The molecule has 2 aromatic rings. The number of halogens is 3. The van der Waals surface area contributed by atoms with Crippen LogP contribution in [-0.2, 0) is 6.54 Å². The molecule has 0 spiro atoms. The van der Waals surface area contributed by atoms with Crippen molar-refractivity contribution in [2.24, 2.45) is 0 Å². The standard InChI is InChI=1S/C12H13F3N2O2S/c1-17(7-11(18)12(13,14)15)6-8-5-9(19-16-8)10-3-2-4-20-10/h2-5,11,18H,6-7H2,1H3. The number of alkyl halides is 3. The normalized spacial score (nSPS) is 13.9. The average Bonchev–Trinajstić information content (AvgIpc) is 2.96. The number of rotatable bonds is 5. The monoisotopic (exact) mass is 306 g/mol. The number of aliphatic hydroxyl groups is 1. The molecule has 2 aromatic heterocycles. The summed E-state index contributed by atoms with van der Waals surface area (Å²) < 4.78 is 41.8. The van der Waals surface area contributed by atoms with Gasteiger partial charge < -0.3 is 9.63 Å². The minimum atomic E-state index is -4.61. The van der Waals surface area contributed by atoms with Gasteiger partial charge >= 0.3 is 6.18 Å². The summed E-state index contributed by atoms with van der Waals surface area (Å²) in [6.45, 7) is -0.341. The molecule has 0 amide bonds. The molecule has 20 heavy (non-hydrogen) atoms. The molecule has 0 bridgehead atoms. The van der Waals surface area contributed by atoms with Crippen LogP contribution >= 0.6 is 11.3 Å². The first-order valence-corrected chi connectivity index (χ1v) is 6.67. The molecule has 0 saturated carbocycles. The van der Waals surface area contributed by atoms with Crippen LogP contribution < -0.4 is 0 Å². The van der Waals surface area contributed by atoms with E-state index >= 15 is 0 Å². The van der Waals surface area contributed by atoms with Gasteiger partial charge in [-0.05, 0) is 18.5 Å². The number of aliphatic hydroxyl groups excluding tert-OH is 1. The van der Waals surface area contributed by atoms with Gasteiger partial charge in [-0.25, -0.2) is 0 Å². The molecule has 0 aliphatic rings. The molecule has 110 valence electrons. The van der Waals surface area contributed by atoms with Gasteiger partial charge in [0.05, 0.1) is 10.6 Å². The van der Waals surface area contributed by atoms with Crippen LogP contribution in [0.25, 0.3) is 10.6 Å². The SMILES string of the molecule is CN(Cc1cc(-c2cccs2)on1)CC(O)C(F)(F)F. The highest BCUT2D eigenvalue weighted by atomic mass is 32.1. The van der Waals surface area contributed by atoms with Crippen molar-refractivity contribution in [1.82, 2.24) is 10.1 Å². The zero-order valence-electron chi connectivity index (χ0n) is 10.6. The molecule has 0 saturated heterocycles. The molecule has 1 N–H and O–H groups in total. The molecule has 0 radical (unpaired) electrons. The molecule has 0 fully saturated rings. The molecule has 2 heterocycles. The molecule has 1 unspecified atom stereocenters. The van der Waals surface area contributed by atoms with E-state index < -0.39 is 18.8 Å². The van der Waals surface area contributed by atoms with E-state index in [4.69, 9.17) is 9.63 Å². The van der Waals surface area contributed by atoms with Gasteiger partial charge in [-0.3, -0.25) is 4.90 Å². The van der Waals surface area contributed by atoms with Crippen LogP contribution in [0, 0.1) is 0 Å². The molecule has 8 heteroatoms. The second kappa shape index (κ2) is 5.94. The first-order chi connectivity index (χ1) is 9.36. The fourth-order valence-corrected chi connectivity index (χ4v) is 2.33. The molecule has 4 nitrogen and oxygen atoms in total. The number of aromatic nitrogens is 1. The van der Waals surface area contributed by atoms with Crippen molar-refractivity contribution in [1.29, 1.82) is 0 Å². The van der Waals surface area contributed by atoms with E-state index in [1.54, 1.807) is 6.07 Å². The predicted octanol–water partition coefficient (Wildman–Crippen LogP) is 2.76. The fraction of sp³-hybridized carbons (Fsp3) is 0.417. The largest absolute Gasteiger partial charge is 0.415 e. The lowest BCUT2D eigenvalue weighted by Gasteiger charge is -2.21. The number of hydrogen-bond donors (Lipinski definition) is 1. The summed E-state index contributed by atoms with van der Waals surface area (Å²) in [6.07, 6.45) is -6.98. The predicted molar refractivity (Wildman–Crippen MR) is 68.2 cm³/mol. The van der Waals surface area contributed by atoms with E-state index in [1.807, 2.05) is 17.5 Å². The summed E-state index contributed by atoms with van der Waals surface area (Å²) in [4.78, 5) is 2.25. The Balaban J connectivity index is 1.94. The Bertz CT molecular complexity index is 539. The van der Waals surface area contributed by atoms with E-state index in [-0.39, 0.29) is 6.54 Å². The van der Waals surface area contributed by atoms with Crippen molar-refractivity contribution in [2.75, 3.05) is 13.6 Å². The zero-order valence-corrected chi connectivity index (χ0v) is 11.4. The van der Waals surface area contributed by atoms with Crippen LogP contribution in [0.4, 0.5) is 13.2 Å². The smallest absolute Gasteiger partial charge is 0.382 e. The van der Waals surface area contributed by atoms with Gasteiger partial charge in [0.15, 0.2) is 11.9 Å². The molecular formula is C12H13F3N2O2S. The van der Waals surface area contributed by atoms with Crippen molar-refractivity contribution in [3.05, 3.63) is 29.3 Å². The van der Waals surface area contributed by atoms with Crippen molar-refractivity contribution < 1.29 is 22.8 Å². The summed E-state index contributed by atoms with van der Waals surface area (Å²) in [6, 6.07) is 5.42. The highest BCUT2D eigenvalue weighted by Gasteiger charge is 2.38. The maximum atomic E-state index is 12.2. The summed E-state index contributed by atoms with van der Waals surface area (Å²) in [7, 11) is 1.48. The maximum Gasteiger partial charge on any atom is 0.415 e. The third-order valence-corrected chi connectivity index (χ3v) is 3.50. The van der Waals surface area contributed by atoms with Crippen LogP contribution in [0.2, 0.25) is 0 Å². The van der Waals surface area contributed by atoms with Crippen LogP contribution in [0.5, 0.6) is 0 Å². The van der Waals surface area contributed by atoms with Gasteiger partial charge in [-0.1, -0.05) is 11.2 Å². The minimum Gasteiger partial charge on any atom is -0.382 e. The fourth-order valence-electron chi connectivity index (χ4n) is 1.66. The molecule has 0 aliphatic carbocycles. The Hall–Kier alpha value is -1.38. The number of nitrogens with zero attached hydrogens (tertiary/aromatic N) is 2. The Morgan fingerprint density at radius 3 is 2.85 bits per heavy atom. The van der Waals surface area contributed by atoms with Crippen molar-refractivity contribution in [2.45, 2.75) is 18.8 Å². The van der Waals surface area contributed by atoms with Crippen LogP contribution in [-0.4, -0.2) is 41.0 Å². The Morgan fingerprint density at radius 2 is 2.25 bits per heavy atom.